The van der Waals surface area contributed by atoms with Crippen LogP contribution in [0.15, 0.2) is 41.5 Å². The van der Waals surface area contributed by atoms with E-state index in [0.29, 0.717) is 22.8 Å². The van der Waals surface area contributed by atoms with E-state index in [1.54, 1.807) is 32.4 Å². The highest BCUT2D eigenvalue weighted by Crippen LogP contribution is 2.22. The Balaban J connectivity index is 1.92. The van der Waals surface area contributed by atoms with Crippen molar-refractivity contribution in [1.29, 1.82) is 0 Å². The molecule has 1 N–H and O–H groups in total. The van der Waals surface area contributed by atoms with E-state index in [-0.39, 0.29) is 12.5 Å². The van der Waals surface area contributed by atoms with Crippen molar-refractivity contribution in [2.45, 2.75) is 13.8 Å². The van der Waals surface area contributed by atoms with Crippen LogP contribution < -0.4 is 19.6 Å². The molecule has 2 aromatic rings. The van der Waals surface area contributed by atoms with E-state index in [0.717, 1.165) is 11.1 Å². The minimum Gasteiger partial charge on any atom is -0.497 e. The van der Waals surface area contributed by atoms with Gasteiger partial charge in [0.1, 0.15) is 17.2 Å². The molecule has 0 bridgehead atoms. The van der Waals surface area contributed by atoms with Crippen molar-refractivity contribution >= 4 is 12.1 Å². The van der Waals surface area contributed by atoms with E-state index in [1.165, 1.54) is 6.21 Å². The van der Waals surface area contributed by atoms with E-state index >= 15 is 0 Å². The second-order valence-corrected chi connectivity index (χ2v) is 5.51. The topological polar surface area (TPSA) is 69.2 Å². The molecule has 0 saturated heterocycles. The fourth-order valence-corrected chi connectivity index (χ4v) is 2.31. The third-order valence-corrected chi connectivity index (χ3v) is 3.39. The van der Waals surface area contributed by atoms with Crippen molar-refractivity contribution in [3.05, 3.63) is 53.1 Å². The van der Waals surface area contributed by atoms with Gasteiger partial charge in [-0.1, -0.05) is 6.07 Å². The lowest BCUT2D eigenvalue weighted by atomic mass is 10.1. The molecule has 0 saturated carbocycles. The Kier molecular flexibility index (Phi) is 6.39. The standard InChI is InChI=1S/C19H22N2O4/c1-13-7-14(2)9-17(8-13)25-12-19(22)21-20-11-15-10-16(23-3)5-6-18(15)24-4/h5-11H,12H2,1-4H3,(H,21,22). The highest BCUT2D eigenvalue weighted by molar-refractivity contribution is 5.86. The second-order valence-electron chi connectivity index (χ2n) is 5.51. The van der Waals surface area contributed by atoms with Gasteiger partial charge in [-0.25, -0.2) is 5.43 Å². The molecular formula is C19H22N2O4. The zero-order chi connectivity index (χ0) is 18.2. The number of rotatable bonds is 7. The number of ether oxygens (including phenoxy) is 3. The lowest BCUT2D eigenvalue weighted by molar-refractivity contribution is -0.123. The minimum atomic E-state index is -0.350. The van der Waals surface area contributed by atoms with Crippen LogP contribution >= 0.6 is 0 Å². The predicted molar refractivity (Wildman–Crippen MR) is 96.7 cm³/mol. The van der Waals surface area contributed by atoms with Gasteiger partial charge in [0.05, 0.1) is 20.4 Å². The Bertz CT molecular complexity index is 752. The molecule has 6 nitrogen and oxygen atoms in total. The molecule has 6 heteroatoms. The molecular weight excluding hydrogens is 320 g/mol. The van der Waals surface area contributed by atoms with Crippen LogP contribution in [0, 0.1) is 13.8 Å². The summed E-state index contributed by atoms with van der Waals surface area (Å²) in [5.74, 6) is 1.61. The predicted octanol–water partition coefficient (Wildman–Crippen LogP) is 2.85. The molecule has 0 aliphatic rings. The number of methoxy groups -OCH3 is 2. The fourth-order valence-electron chi connectivity index (χ4n) is 2.31. The maximum Gasteiger partial charge on any atom is 0.277 e. The number of hydrazone groups is 1. The normalized spacial score (nSPS) is 10.6. The maximum atomic E-state index is 11.8. The molecule has 0 heterocycles. The highest BCUT2D eigenvalue weighted by Gasteiger charge is 2.05. The SMILES string of the molecule is COc1ccc(OC)c(C=NNC(=O)COc2cc(C)cc(C)c2)c1. The number of nitrogens with zero attached hydrogens (tertiary/aromatic N) is 1. The summed E-state index contributed by atoms with van der Waals surface area (Å²) in [6.45, 7) is 3.84. The van der Waals surface area contributed by atoms with E-state index < -0.39 is 0 Å². The molecule has 2 aromatic carbocycles. The molecule has 0 aliphatic carbocycles. The average molecular weight is 342 g/mol. The first kappa shape index (κ1) is 18.3. The summed E-state index contributed by atoms with van der Waals surface area (Å²) < 4.78 is 15.9. The zero-order valence-electron chi connectivity index (χ0n) is 14.8. The van der Waals surface area contributed by atoms with Crippen LogP contribution in [0.5, 0.6) is 17.2 Å². The summed E-state index contributed by atoms with van der Waals surface area (Å²) in [5, 5.41) is 3.93. The summed E-state index contributed by atoms with van der Waals surface area (Å²) in [5.41, 5.74) is 5.28. The minimum absolute atomic E-state index is 0.116. The maximum absolute atomic E-state index is 11.8. The van der Waals surface area contributed by atoms with Crippen molar-refractivity contribution in [3.63, 3.8) is 0 Å². The number of aryl methyl sites for hydroxylation is 2. The first-order chi connectivity index (χ1) is 12.0. The largest absolute Gasteiger partial charge is 0.497 e. The molecule has 132 valence electrons. The molecule has 0 fully saturated rings. The molecule has 0 atom stereocenters. The van der Waals surface area contributed by atoms with Gasteiger partial charge in [-0.3, -0.25) is 4.79 Å². The fraction of sp³-hybridized carbons (Fsp3) is 0.263. The monoisotopic (exact) mass is 342 g/mol. The van der Waals surface area contributed by atoms with Crippen LogP contribution in [0.3, 0.4) is 0 Å². The molecule has 0 radical (unpaired) electrons. The van der Waals surface area contributed by atoms with Crippen LogP contribution in [0.25, 0.3) is 0 Å². The van der Waals surface area contributed by atoms with Crippen molar-refractivity contribution < 1.29 is 19.0 Å². The number of carbonyl (C=O) groups excluding carboxylic acids is 1. The Morgan fingerprint density at radius 2 is 1.76 bits per heavy atom. The molecule has 0 spiro atoms. The summed E-state index contributed by atoms with van der Waals surface area (Å²) >= 11 is 0. The van der Waals surface area contributed by atoms with E-state index in [1.807, 2.05) is 32.0 Å². The van der Waals surface area contributed by atoms with Gasteiger partial charge in [0.15, 0.2) is 6.61 Å². The van der Waals surface area contributed by atoms with Gasteiger partial charge in [0, 0.05) is 5.56 Å². The van der Waals surface area contributed by atoms with E-state index in [2.05, 4.69) is 10.5 Å². The molecule has 1 amide bonds. The Labute approximate surface area is 147 Å². The lowest BCUT2D eigenvalue weighted by Crippen LogP contribution is -2.24. The number of hydrogen-bond acceptors (Lipinski definition) is 5. The highest BCUT2D eigenvalue weighted by atomic mass is 16.5. The van der Waals surface area contributed by atoms with Crippen LogP contribution in [0.2, 0.25) is 0 Å². The van der Waals surface area contributed by atoms with Crippen molar-refractivity contribution in [2.24, 2.45) is 5.10 Å². The number of nitrogens with one attached hydrogen (secondary N) is 1. The van der Waals surface area contributed by atoms with Crippen molar-refractivity contribution in [2.75, 3.05) is 20.8 Å². The van der Waals surface area contributed by atoms with Crippen LogP contribution in [0.1, 0.15) is 16.7 Å². The van der Waals surface area contributed by atoms with Crippen molar-refractivity contribution in [3.8, 4) is 17.2 Å². The molecule has 0 aliphatic heterocycles. The number of benzene rings is 2. The Morgan fingerprint density at radius 3 is 2.40 bits per heavy atom. The van der Waals surface area contributed by atoms with Gasteiger partial charge in [0.2, 0.25) is 0 Å². The van der Waals surface area contributed by atoms with Crippen LogP contribution in [-0.2, 0) is 4.79 Å². The second kappa shape index (κ2) is 8.73. The average Bonchev–Trinajstić information content (AvgIpc) is 2.59. The number of hydrogen-bond donors (Lipinski definition) is 1. The van der Waals surface area contributed by atoms with Gasteiger partial charge in [-0.2, -0.15) is 5.10 Å². The van der Waals surface area contributed by atoms with Gasteiger partial charge in [0.25, 0.3) is 5.91 Å². The smallest absolute Gasteiger partial charge is 0.277 e. The van der Waals surface area contributed by atoms with Gasteiger partial charge in [-0.15, -0.1) is 0 Å². The summed E-state index contributed by atoms with van der Waals surface area (Å²) in [6, 6.07) is 11.1. The quantitative estimate of drug-likeness (QED) is 0.620. The Hall–Kier alpha value is -3.02. The van der Waals surface area contributed by atoms with Crippen LogP contribution in [0.4, 0.5) is 0 Å². The van der Waals surface area contributed by atoms with Gasteiger partial charge in [-0.05, 0) is 55.3 Å². The zero-order valence-corrected chi connectivity index (χ0v) is 14.8. The lowest BCUT2D eigenvalue weighted by Gasteiger charge is -2.08. The third-order valence-electron chi connectivity index (χ3n) is 3.39. The Morgan fingerprint density at radius 1 is 1.04 bits per heavy atom. The van der Waals surface area contributed by atoms with E-state index in [9.17, 15) is 4.79 Å². The van der Waals surface area contributed by atoms with Gasteiger partial charge < -0.3 is 14.2 Å². The van der Waals surface area contributed by atoms with Gasteiger partial charge >= 0.3 is 0 Å². The first-order valence-corrected chi connectivity index (χ1v) is 7.77. The van der Waals surface area contributed by atoms with E-state index in [4.69, 9.17) is 14.2 Å². The van der Waals surface area contributed by atoms with Crippen LogP contribution in [-0.4, -0.2) is 32.9 Å². The molecule has 0 aromatic heterocycles. The first-order valence-electron chi connectivity index (χ1n) is 7.77. The third kappa shape index (κ3) is 5.53. The summed E-state index contributed by atoms with van der Waals surface area (Å²) in [4.78, 5) is 11.8. The number of amides is 1. The summed E-state index contributed by atoms with van der Waals surface area (Å²) in [6.07, 6.45) is 1.50. The summed E-state index contributed by atoms with van der Waals surface area (Å²) in [7, 11) is 3.14. The molecule has 2 rings (SSSR count). The molecule has 0 unspecified atom stereocenters. The molecule has 25 heavy (non-hydrogen) atoms. The number of carbonyl (C=O) groups is 1. The van der Waals surface area contributed by atoms with Crippen molar-refractivity contribution in [1.82, 2.24) is 5.43 Å².